The van der Waals surface area contributed by atoms with Crippen LogP contribution in [0.15, 0.2) is 22.3 Å². The molecule has 0 saturated carbocycles. The van der Waals surface area contributed by atoms with Gasteiger partial charge in [0.05, 0.1) is 18.0 Å². The Morgan fingerprint density at radius 2 is 2.16 bits per heavy atom. The molecule has 0 aromatic carbocycles. The Hall–Kier alpha value is -1.06. The van der Waals surface area contributed by atoms with Crippen molar-refractivity contribution in [3.8, 4) is 0 Å². The molecule has 0 aliphatic heterocycles. The predicted molar refractivity (Wildman–Crippen MR) is 72.9 cm³/mol. The lowest BCUT2D eigenvalue weighted by Gasteiger charge is -2.53. The number of furan rings is 1. The van der Waals surface area contributed by atoms with Crippen LogP contribution in [0.25, 0.3) is 0 Å². The van der Waals surface area contributed by atoms with E-state index in [4.69, 9.17) is 9.15 Å². The first-order valence-electron chi connectivity index (χ1n) is 6.93. The zero-order chi connectivity index (χ0) is 13.8. The van der Waals surface area contributed by atoms with E-state index in [-0.39, 0.29) is 11.5 Å². The van der Waals surface area contributed by atoms with E-state index >= 15 is 0 Å². The van der Waals surface area contributed by atoms with Crippen molar-refractivity contribution in [1.29, 1.82) is 0 Å². The molecule has 0 fully saturated rings. The van der Waals surface area contributed by atoms with Gasteiger partial charge in [0.25, 0.3) is 0 Å². The molecule has 19 heavy (non-hydrogen) atoms. The average Bonchev–Trinajstić information content (AvgIpc) is 2.70. The van der Waals surface area contributed by atoms with Gasteiger partial charge in [-0.2, -0.15) is 0 Å². The lowest BCUT2D eigenvalue weighted by atomic mass is 9.56. The largest absolute Gasteiger partial charge is 0.468 e. The summed E-state index contributed by atoms with van der Waals surface area (Å²) in [5.41, 5.74) is 2.37. The quantitative estimate of drug-likeness (QED) is 0.790. The minimum atomic E-state index is -0.751. The SMILES string of the molecule is CO[C@@H]1c2c(C)coc2CC2=CCC[C@@](C)(O)[C@]21C. The molecule has 0 amide bonds. The van der Waals surface area contributed by atoms with E-state index < -0.39 is 5.60 Å². The van der Waals surface area contributed by atoms with Gasteiger partial charge in [-0.3, -0.25) is 0 Å². The van der Waals surface area contributed by atoms with Crippen LogP contribution in [0.3, 0.4) is 0 Å². The summed E-state index contributed by atoms with van der Waals surface area (Å²) in [6.45, 7) is 6.11. The van der Waals surface area contributed by atoms with Crippen molar-refractivity contribution < 1.29 is 14.3 Å². The number of methoxy groups -OCH3 is 1. The predicted octanol–water partition coefficient (Wildman–Crippen LogP) is 3.31. The van der Waals surface area contributed by atoms with Crippen LogP contribution in [0.4, 0.5) is 0 Å². The molecule has 3 rings (SSSR count). The Kier molecular flexibility index (Phi) is 2.70. The number of hydrogen-bond acceptors (Lipinski definition) is 3. The number of hydrogen-bond donors (Lipinski definition) is 1. The van der Waals surface area contributed by atoms with E-state index in [1.54, 1.807) is 13.4 Å². The van der Waals surface area contributed by atoms with Crippen molar-refractivity contribution in [3.63, 3.8) is 0 Å². The Morgan fingerprint density at radius 1 is 1.42 bits per heavy atom. The second-order valence-corrected chi connectivity index (χ2v) is 6.29. The van der Waals surface area contributed by atoms with Crippen LogP contribution in [-0.2, 0) is 11.2 Å². The van der Waals surface area contributed by atoms with E-state index in [9.17, 15) is 5.11 Å². The minimum absolute atomic E-state index is 0.142. The highest BCUT2D eigenvalue weighted by molar-refractivity contribution is 5.44. The number of fused-ring (bicyclic) bond motifs is 2. The molecule has 3 heteroatoms. The Balaban J connectivity index is 2.23. The van der Waals surface area contributed by atoms with E-state index in [0.717, 1.165) is 36.1 Å². The third kappa shape index (κ3) is 1.52. The van der Waals surface area contributed by atoms with Crippen molar-refractivity contribution in [2.75, 3.05) is 7.11 Å². The van der Waals surface area contributed by atoms with Gasteiger partial charge < -0.3 is 14.3 Å². The summed E-state index contributed by atoms with van der Waals surface area (Å²) < 4.78 is 11.5. The van der Waals surface area contributed by atoms with Crippen LogP contribution >= 0.6 is 0 Å². The van der Waals surface area contributed by atoms with Crippen LogP contribution in [0.5, 0.6) is 0 Å². The molecule has 1 N–H and O–H groups in total. The van der Waals surface area contributed by atoms with Gasteiger partial charge in [0.2, 0.25) is 0 Å². The summed E-state index contributed by atoms with van der Waals surface area (Å²) in [6.07, 6.45) is 6.40. The first-order chi connectivity index (χ1) is 8.91. The fourth-order valence-corrected chi connectivity index (χ4v) is 3.86. The molecule has 0 radical (unpaired) electrons. The van der Waals surface area contributed by atoms with Gasteiger partial charge in [-0.25, -0.2) is 0 Å². The topological polar surface area (TPSA) is 42.6 Å². The molecule has 3 atom stereocenters. The van der Waals surface area contributed by atoms with E-state index in [2.05, 4.69) is 13.0 Å². The fraction of sp³-hybridized carbons (Fsp3) is 0.625. The van der Waals surface area contributed by atoms with Crippen LogP contribution in [-0.4, -0.2) is 17.8 Å². The Morgan fingerprint density at radius 3 is 2.84 bits per heavy atom. The first kappa shape index (κ1) is 12.9. The summed E-state index contributed by atoms with van der Waals surface area (Å²) in [7, 11) is 1.72. The van der Waals surface area contributed by atoms with Crippen LogP contribution in [0, 0.1) is 12.3 Å². The van der Waals surface area contributed by atoms with Gasteiger partial charge >= 0.3 is 0 Å². The maximum absolute atomic E-state index is 10.9. The number of allylic oxidation sites excluding steroid dienone is 1. The zero-order valence-corrected chi connectivity index (χ0v) is 12.1. The maximum Gasteiger partial charge on any atom is 0.113 e. The third-order valence-corrected chi connectivity index (χ3v) is 5.28. The van der Waals surface area contributed by atoms with Gasteiger partial charge in [-0.1, -0.05) is 18.6 Å². The number of aryl methyl sites for hydroxylation is 1. The summed E-state index contributed by atoms with van der Waals surface area (Å²) in [4.78, 5) is 0. The highest BCUT2D eigenvalue weighted by atomic mass is 16.5. The van der Waals surface area contributed by atoms with Gasteiger partial charge in [0.1, 0.15) is 5.76 Å². The molecular weight excluding hydrogens is 240 g/mol. The molecule has 0 saturated heterocycles. The molecule has 0 unspecified atom stereocenters. The lowest BCUT2D eigenvalue weighted by molar-refractivity contribution is -0.131. The van der Waals surface area contributed by atoms with Crippen LogP contribution in [0.2, 0.25) is 0 Å². The molecular formula is C16H22O3. The highest BCUT2D eigenvalue weighted by Gasteiger charge is 2.56. The zero-order valence-electron chi connectivity index (χ0n) is 12.1. The van der Waals surface area contributed by atoms with Crippen molar-refractivity contribution in [2.24, 2.45) is 5.41 Å². The monoisotopic (exact) mass is 262 g/mol. The molecule has 0 bridgehead atoms. The molecule has 2 aliphatic rings. The highest BCUT2D eigenvalue weighted by Crippen LogP contribution is 2.58. The van der Waals surface area contributed by atoms with Crippen molar-refractivity contribution in [3.05, 3.63) is 34.8 Å². The van der Waals surface area contributed by atoms with E-state index in [1.165, 1.54) is 5.57 Å². The molecule has 104 valence electrons. The third-order valence-electron chi connectivity index (χ3n) is 5.28. The second kappa shape index (κ2) is 3.97. The Bertz CT molecular complexity index is 538. The van der Waals surface area contributed by atoms with E-state index in [1.807, 2.05) is 13.8 Å². The number of rotatable bonds is 1. The normalized spacial score (nSPS) is 37.5. The average molecular weight is 262 g/mol. The lowest BCUT2D eigenvalue weighted by Crippen LogP contribution is -2.53. The molecule has 3 nitrogen and oxygen atoms in total. The number of ether oxygens (including phenoxy) is 1. The van der Waals surface area contributed by atoms with Crippen LogP contribution < -0.4 is 0 Å². The molecule has 2 aliphatic carbocycles. The van der Waals surface area contributed by atoms with Gasteiger partial charge in [-0.05, 0) is 32.3 Å². The van der Waals surface area contributed by atoms with Crippen molar-refractivity contribution >= 4 is 0 Å². The molecule has 0 spiro atoms. The summed E-state index contributed by atoms with van der Waals surface area (Å²) >= 11 is 0. The fourth-order valence-electron chi connectivity index (χ4n) is 3.86. The molecule has 1 heterocycles. The molecule has 1 aromatic heterocycles. The smallest absolute Gasteiger partial charge is 0.113 e. The summed E-state index contributed by atoms with van der Waals surface area (Å²) in [5.74, 6) is 0.991. The molecule has 1 aromatic rings. The summed E-state index contributed by atoms with van der Waals surface area (Å²) in [5, 5.41) is 10.9. The van der Waals surface area contributed by atoms with Crippen molar-refractivity contribution in [1.82, 2.24) is 0 Å². The number of aliphatic hydroxyl groups is 1. The minimum Gasteiger partial charge on any atom is -0.468 e. The Labute approximate surface area is 114 Å². The second-order valence-electron chi connectivity index (χ2n) is 6.29. The van der Waals surface area contributed by atoms with E-state index in [0.29, 0.717) is 0 Å². The maximum atomic E-state index is 10.9. The van der Waals surface area contributed by atoms with Crippen molar-refractivity contribution in [2.45, 2.75) is 51.7 Å². The summed E-state index contributed by atoms with van der Waals surface area (Å²) in [6, 6.07) is 0. The first-order valence-corrected chi connectivity index (χ1v) is 6.93. The van der Waals surface area contributed by atoms with Crippen LogP contribution in [0.1, 0.15) is 49.7 Å². The van der Waals surface area contributed by atoms with Gasteiger partial charge in [-0.15, -0.1) is 0 Å². The van der Waals surface area contributed by atoms with Gasteiger partial charge in [0.15, 0.2) is 0 Å². The standard InChI is InChI=1S/C16H22O3/c1-10-9-19-12-8-11-6-5-7-15(2,17)16(11,3)14(18-4)13(10)12/h6,9,14,17H,5,7-8H2,1-4H3/t14-,15-,16-/m1/s1. The van der Waals surface area contributed by atoms with Gasteiger partial charge in [0, 0.05) is 24.5 Å².